The first-order valence-electron chi connectivity index (χ1n) is 7.25. The van der Waals surface area contributed by atoms with Crippen molar-refractivity contribution in [3.8, 4) is 40.0 Å². The molecule has 0 saturated carbocycles. The van der Waals surface area contributed by atoms with Gasteiger partial charge in [0.2, 0.25) is 0 Å². The van der Waals surface area contributed by atoms with Crippen LogP contribution < -0.4 is 19.9 Å². The lowest BCUT2D eigenvalue weighted by Gasteiger charge is -2.08. The second-order valence-electron chi connectivity index (χ2n) is 5.04. The first-order valence-corrected chi connectivity index (χ1v) is 7.25. The topological polar surface area (TPSA) is 95.3 Å². The summed E-state index contributed by atoms with van der Waals surface area (Å²) in [5.74, 6) is 3.04. The van der Waals surface area contributed by atoms with E-state index in [9.17, 15) is 0 Å². The van der Waals surface area contributed by atoms with E-state index in [1.54, 1.807) is 39.5 Å². The molecule has 0 aliphatic rings. The predicted octanol–water partition coefficient (Wildman–Crippen LogP) is 2.75. The van der Waals surface area contributed by atoms with E-state index in [-0.39, 0.29) is 0 Å². The van der Waals surface area contributed by atoms with Crippen molar-refractivity contribution in [2.24, 2.45) is 0 Å². The molecule has 7 heteroatoms. The highest BCUT2D eigenvalue weighted by Crippen LogP contribution is 2.33. The number of nitrogen functional groups attached to an aromatic ring is 1. The quantitative estimate of drug-likeness (QED) is 0.700. The number of anilines is 1. The van der Waals surface area contributed by atoms with Crippen LogP contribution in [-0.2, 0) is 0 Å². The van der Waals surface area contributed by atoms with Crippen molar-refractivity contribution >= 4 is 5.69 Å². The van der Waals surface area contributed by atoms with Gasteiger partial charge >= 0.3 is 0 Å². The minimum atomic E-state index is 0.537. The Morgan fingerprint density at radius 1 is 0.875 bits per heavy atom. The van der Waals surface area contributed by atoms with Crippen LogP contribution in [0.25, 0.3) is 22.8 Å². The van der Waals surface area contributed by atoms with E-state index in [4.69, 9.17) is 19.9 Å². The first-order chi connectivity index (χ1) is 11.7. The molecule has 0 bridgehead atoms. The monoisotopic (exact) mass is 326 g/mol. The van der Waals surface area contributed by atoms with Gasteiger partial charge in [-0.2, -0.15) is 5.10 Å². The Hall–Kier alpha value is -3.22. The molecule has 0 atom stereocenters. The van der Waals surface area contributed by atoms with Gasteiger partial charge in [-0.15, -0.1) is 0 Å². The zero-order chi connectivity index (χ0) is 17.1. The van der Waals surface area contributed by atoms with Crippen LogP contribution in [0.1, 0.15) is 0 Å². The minimum Gasteiger partial charge on any atom is -0.496 e. The summed E-state index contributed by atoms with van der Waals surface area (Å²) in [4.78, 5) is 4.53. The van der Waals surface area contributed by atoms with E-state index >= 15 is 0 Å². The Bertz CT molecular complexity index is 861. The number of benzene rings is 2. The van der Waals surface area contributed by atoms with Gasteiger partial charge in [-0.3, -0.25) is 5.10 Å². The van der Waals surface area contributed by atoms with Crippen LogP contribution in [0.3, 0.4) is 0 Å². The lowest BCUT2D eigenvalue weighted by Crippen LogP contribution is -1.93. The highest BCUT2D eigenvalue weighted by atomic mass is 16.5. The zero-order valence-electron chi connectivity index (χ0n) is 13.7. The minimum absolute atomic E-state index is 0.537. The highest BCUT2D eigenvalue weighted by molar-refractivity contribution is 5.71. The van der Waals surface area contributed by atoms with Crippen molar-refractivity contribution in [1.29, 1.82) is 0 Å². The summed E-state index contributed by atoms with van der Waals surface area (Å²) in [5.41, 5.74) is 8.03. The van der Waals surface area contributed by atoms with Gasteiger partial charge in [0.25, 0.3) is 0 Å². The van der Waals surface area contributed by atoms with Crippen LogP contribution in [-0.4, -0.2) is 36.5 Å². The fourth-order valence-electron chi connectivity index (χ4n) is 2.40. The van der Waals surface area contributed by atoms with Gasteiger partial charge in [0.15, 0.2) is 23.1 Å². The number of nitrogens with zero attached hydrogens (tertiary/aromatic N) is 2. The van der Waals surface area contributed by atoms with Gasteiger partial charge in [-0.25, -0.2) is 4.98 Å². The number of aromatic amines is 1. The van der Waals surface area contributed by atoms with Crippen LogP contribution in [0.2, 0.25) is 0 Å². The number of nitrogens with one attached hydrogen (secondary N) is 1. The SMILES string of the molecule is COc1ccc(-c2n[nH]c(-c3cc(N)ccc3OC)n2)cc1OC. The van der Waals surface area contributed by atoms with Crippen molar-refractivity contribution in [1.82, 2.24) is 15.2 Å². The van der Waals surface area contributed by atoms with Crippen LogP contribution >= 0.6 is 0 Å². The van der Waals surface area contributed by atoms with E-state index < -0.39 is 0 Å². The standard InChI is InChI=1S/C17H18N4O3/c1-22-13-7-5-11(18)9-12(13)17-19-16(20-21-17)10-4-6-14(23-2)15(8-10)24-3/h4-9H,18H2,1-3H3,(H,19,20,21). The lowest BCUT2D eigenvalue weighted by molar-refractivity contribution is 0.355. The molecular formula is C17H18N4O3. The largest absolute Gasteiger partial charge is 0.496 e. The molecule has 3 N–H and O–H groups in total. The summed E-state index contributed by atoms with van der Waals surface area (Å²) >= 11 is 0. The van der Waals surface area contributed by atoms with Gasteiger partial charge in [0.1, 0.15) is 5.75 Å². The second kappa shape index (κ2) is 6.49. The van der Waals surface area contributed by atoms with E-state index in [0.29, 0.717) is 34.6 Å². The molecule has 1 aromatic heterocycles. The van der Waals surface area contributed by atoms with Crippen LogP contribution in [0.15, 0.2) is 36.4 Å². The number of ether oxygens (including phenoxy) is 3. The molecule has 3 rings (SSSR count). The summed E-state index contributed by atoms with van der Waals surface area (Å²) < 4.78 is 15.9. The van der Waals surface area contributed by atoms with Crippen molar-refractivity contribution in [3.63, 3.8) is 0 Å². The van der Waals surface area contributed by atoms with E-state index in [0.717, 1.165) is 11.1 Å². The predicted molar refractivity (Wildman–Crippen MR) is 91.3 cm³/mol. The Morgan fingerprint density at radius 2 is 1.58 bits per heavy atom. The van der Waals surface area contributed by atoms with Crippen molar-refractivity contribution in [2.45, 2.75) is 0 Å². The smallest absolute Gasteiger partial charge is 0.181 e. The van der Waals surface area contributed by atoms with Gasteiger partial charge < -0.3 is 19.9 Å². The third kappa shape index (κ3) is 2.83. The van der Waals surface area contributed by atoms with Crippen molar-refractivity contribution in [3.05, 3.63) is 36.4 Å². The first kappa shape index (κ1) is 15.7. The molecule has 0 saturated heterocycles. The molecule has 2 aromatic carbocycles. The van der Waals surface area contributed by atoms with E-state index in [2.05, 4.69) is 15.2 Å². The Morgan fingerprint density at radius 3 is 2.29 bits per heavy atom. The fourth-order valence-corrected chi connectivity index (χ4v) is 2.40. The maximum Gasteiger partial charge on any atom is 0.181 e. The molecule has 3 aromatic rings. The van der Waals surface area contributed by atoms with Crippen molar-refractivity contribution < 1.29 is 14.2 Å². The average Bonchev–Trinajstić information content (AvgIpc) is 3.11. The van der Waals surface area contributed by atoms with Crippen LogP contribution in [0, 0.1) is 0 Å². The molecule has 0 unspecified atom stereocenters. The van der Waals surface area contributed by atoms with Crippen LogP contribution in [0.4, 0.5) is 5.69 Å². The molecule has 0 spiro atoms. The second-order valence-corrected chi connectivity index (χ2v) is 5.04. The number of rotatable bonds is 5. The number of H-pyrrole nitrogens is 1. The number of aromatic nitrogens is 3. The molecule has 0 radical (unpaired) electrons. The summed E-state index contributed by atoms with van der Waals surface area (Å²) in [5, 5.41) is 7.19. The normalized spacial score (nSPS) is 10.5. The van der Waals surface area contributed by atoms with E-state index in [1.165, 1.54) is 0 Å². The fraction of sp³-hybridized carbons (Fsp3) is 0.176. The third-order valence-corrected chi connectivity index (χ3v) is 3.61. The summed E-state index contributed by atoms with van der Waals surface area (Å²) in [6.07, 6.45) is 0. The molecule has 0 aliphatic carbocycles. The molecular weight excluding hydrogens is 308 g/mol. The van der Waals surface area contributed by atoms with Gasteiger partial charge in [-0.1, -0.05) is 0 Å². The molecule has 124 valence electrons. The molecule has 0 aliphatic heterocycles. The molecule has 7 nitrogen and oxygen atoms in total. The Labute approximate surface area is 139 Å². The number of nitrogens with two attached hydrogens (primary N) is 1. The maximum absolute atomic E-state index is 5.86. The third-order valence-electron chi connectivity index (χ3n) is 3.61. The maximum atomic E-state index is 5.86. The lowest BCUT2D eigenvalue weighted by atomic mass is 10.1. The summed E-state index contributed by atoms with van der Waals surface area (Å²) in [6.45, 7) is 0. The molecule has 24 heavy (non-hydrogen) atoms. The number of hydrogen-bond acceptors (Lipinski definition) is 6. The average molecular weight is 326 g/mol. The van der Waals surface area contributed by atoms with Gasteiger partial charge in [0.05, 0.1) is 26.9 Å². The number of hydrogen-bond donors (Lipinski definition) is 2. The van der Waals surface area contributed by atoms with Crippen molar-refractivity contribution in [2.75, 3.05) is 27.1 Å². The van der Waals surface area contributed by atoms with Crippen LogP contribution in [0.5, 0.6) is 17.2 Å². The van der Waals surface area contributed by atoms with Gasteiger partial charge in [0, 0.05) is 11.3 Å². The Balaban J connectivity index is 2.01. The van der Waals surface area contributed by atoms with E-state index in [1.807, 2.05) is 18.2 Å². The van der Waals surface area contributed by atoms with Gasteiger partial charge in [-0.05, 0) is 36.4 Å². The highest BCUT2D eigenvalue weighted by Gasteiger charge is 2.14. The molecule has 0 amide bonds. The molecule has 0 fully saturated rings. The zero-order valence-corrected chi connectivity index (χ0v) is 13.7. The molecule has 1 heterocycles. The summed E-state index contributed by atoms with van der Waals surface area (Å²) in [7, 11) is 4.78. The number of methoxy groups -OCH3 is 3. The Kier molecular flexibility index (Phi) is 4.24. The summed E-state index contributed by atoms with van der Waals surface area (Å²) in [6, 6.07) is 10.9.